The van der Waals surface area contributed by atoms with Gasteiger partial charge in [-0.05, 0) is 292 Å². The molecular formula is C132H134N4. The summed E-state index contributed by atoms with van der Waals surface area (Å²) >= 11 is 0. The molecule has 0 aliphatic heterocycles. The van der Waals surface area contributed by atoms with Crippen LogP contribution >= 0.6 is 0 Å². The van der Waals surface area contributed by atoms with Gasteiger partial charge in [0.25, 0.3) is 0 Å². The fraction of sp³-hybridized carbons (Fsp3) is 0.258. The van der Waals surface area contributed by atoms with Gasteiger partial charge >= 0.3 is 0 Å². The number of benzene rings is 17. The smallest absolute Gasteiger partial charge is 0.0782 e. The Balaban J connectivity index is 0.955. The Bertz CT molecular complexity index is 7540. The zero-order valence-corrected chi connectivity index (χ0v) is 84.7. The first-order chi connectivity index (χ1) is 64.5. The molecule has 0 unspecified atom stereocenters. The highest BCUT2D eigenvalue weighted by atomic mass is 15.2. The molecule has 0 fully saturated rings. The van der Waals surface area contributed by atoms with Gasteiger partial charge in [0.15, 0.2) is 0 Å². The highest BCUT2D eigenvalue weighted by Gasteiger charge is 2.34. The van der Waals surface area contributed by atoms with E-state index in [1.54, 1.807) is 0 Å². The van der Waals surface area contributed by atoms with Crippen LogP contribution in [0.4, 0.5) is 34.1 Å². The zero-order chi connectivity index (χ0) is 95.8. The Morgan fingerprint density at radius 1 is 0.199 bits per heavy atom. The van der Waals surface area contributed by atoms with Crippen LogP contribution in [-0.2, 0) is 43.3 Å². The SMILES string of the molecule is CCCC(C)(C)c1cc(-c2cc(-c3cc(C(C)(C)C)cc(C(C)(C)C)c3)cc(N(c3ccc4c(-c5ccccc5)c5cc(N(c6cc(-c7cc(C(C)(C)C)cc(C(C)(C)C)c7)cc(-c7cc(C(C)(C)C)cc(C(C)(C)C)c7)c6)c6cccc7c8ccccc8n(-c8ccccc8)c67)ccc5c(-c5ccccc5)c4c3)c3cccc4c5ccccc5n(-c5ccccc5)c34)c2)cc(C(C)(C)C)c1. The third kappa shape index (κ3) is 17.4. The molecule has 2 heterocycles. The lowest BCUT2D eigenvalue weighted by molar-refractivity contribution is 0.471. The van der Waals surface area contributed by atoms with E-state index in [9.17, 15) is 0 Å². The number of aromatic nitrogens is 2. The standard InChI is InChI=1S/C132H134N4/c1-25-64-132(23,24)102-74-94(73-101(82-102)131(20,21)22)90-66-89(93-71-99(129(14,15)16)81-100(72-93)130(17,18)19)77-108(78-90)134(120-59-43-55-114-110-53-39-41-57-118(110)136(124(114)120)104-50-36-29-37-51-104)106-61-63-112-116(84-106)122(86-46-32-27-33-47-86)111-62-60-105(83-115(111)121(112)85-44-30-26-31-45-85)133(119-58-42-54-113-109-52-38-40-56-117(109)135(123(113)119)103-48-34-28-35-49-103)107-75-87(91-67-95(125(2,3)4)79-96(68-91)126(5,6)7)65-88(76-107)92-69-97(127(8,9)10)80-98(70-92)128(11,12)13/h26-63,65-84H,25,64H2,1-24H3. The van der Waals surface area contributed by atoms with Crippen LogP contribution in [-0.4, -0.2) is 9.13 Å². The van der Waals surface area contributed by atoms with Crippen molar-refractivity contribution in [2.75, 3.05) is 9.80 Å². The summed E-state index contributed by atoms with van der Waals surface area (Å²) in [6, 6.07) is 137. The van der Waals surface area contributed by atoms with E-state index in [2.05, 4.69) is 537 Å². The minimum atomic E-state index is -0.142. The van der Waals surface area contributed by atoms with Crippen molar-refractivity contribution in [2.45, 2.75) is 222 Å². The van der Waals surface area contributed by atoms with Crippen LogP contribution in [0.5, 0.6) is 0 Å². The average Bonchev–Trinajstić information content (AvgIpc) is 1.29. The molecule has 0 radical (unpaired) electrons. The van der Waals surface area contributed by atoms with Gasteiger partial charge in [-0.2, -0.15) is 0 Å². The Kier molecular flexibility index (Phi) is 23.1. The summed E-state index contributed by atoms with van der Waals surface area (Å²) in [6.45, 7) is 56.9. The van der Waals surface area contributed by atoms with E-state index < -0.39 is 0 Å². The fourth-order valence-corrected chi connectivity index (χ4v) is 20.7. The van der Waals surface area contributed by atoms with E-state index in [-0.39, 0.29) is 43.3 Å². The summed E-state index contributed by atoms with van der Waals surface area (Å²) in [5.41, 5.74) is 36.4. The van der Waals surface area contributed by atoms with Gasteiger partial charge in [-0.25, -0.2) is 0 Å². The first kappa shape index (κ1) is 91.6. The van der Waals surface area contributed by atoms with Crippen LogP contribution in [0.1, 0.15) is 224 Å². The molecule has 19 rings (SSSR count). The molecule has 682 valence electrons. The number of rotatable bonds is 17. The quantitative estimate of drug-likeness (QED) is 0.0845. The van der Waals surface area contributed by atoms with Crippen LogP contribution in [0.3, 0.4) is 0 Å². The molecular weight excluding hydrogens is 1640 g/mol. The molecule has 136 heavy (non-hydrogen) atoms. The van der Waals surface area contributed by atoms with Crippen molar-refractivity contribution in [2.24, 2.45) is 0 Å². The molecule has 0 spiro atoms. The van der Waals surface area contributed by atoms with E-state index in [1.807, 2.05) is 0 Å². The summed E-state index contributed by atoms with van der Waals surface area (Å²) in [5, 5.41) is 9.29. The van der Waals surface area contributed by atoms with Gasteiger partial charge in [-0.3, -0.25) is 0 Å². The van der Waals surface area contributed by atoms with Crippen molar-refractivity contribution in [1.82, 2.24) is 9.13 Å². The zero-order valence-electron chi connectivity index (χ0n) is 84.7. The van der Waals surface area contributed by atoms with Crippen molar-refractivity contribution < 1.29 is 0 Å². The first-order valence-electron chi connectivity index (χ1n) is 49.4. The van der Waals surface area contributed by atoms with E-state index in [1.165, 1.54) is 88.3 Å². The molecule has 19 aromatic rings. The number of hydrogen-bond donors (Lipinski definition) is 0. The Hall–Kier alpha value is -13.5. The van der Waals surface area contributed by atoms with Gasteiger partial charge in [0.2, 0.25) is 0 Å². The highest BCUT2D eigenvalue weighted by molar-refractivity contribution is 6.24. The number of nitrogens with zero attached hydrogens (tertiary/aromatic N) is 4. The minimum absolute atomic E-state index is 0.0889. The average molecular weight is 1780 g/mol. The molecule has 0 bridgehead atoms. The third-order valence-corrected chi connectivity index (χ3v) is 28.7. The summed E-state index contributed by atoms with van der Waals surface area (Å²) in [7, 11) is 0. The van der Waals surface area contributed by atoms with Crippen LogP contribution in [0.25, 0.3) is 143 Å². The summed E-state index contributed by atoms with van der Waals surface area (Å²) < 4.78 is 5.04. The van der Waals surface area contributed by atoms with E-state index >= 15 is 0 Å². The predicted molar refractivity (Wildman–Crippen MR) is 591 cm³/mol. The molecule has 0 saturated heterocycles. The van der Waals surface area contributed by atoms with Crippen molar-refractivity contribution in [1.29, 1.82) is 0 Å². The van der Waals surface area contributed by atoms with Crippen molar-refractivity contribution >= 4 is 99.3 Å². The number of fused-ring (bicyclic) bond motifs is 8. The maximum atomic E-state index is 2.63. The molecule has 0 saturated carbocycles. The molecule has 2 aromatic heterocycles. The number of anilines is 6. The molecule has 17 aromatic carbocycles. The Labute approximate surface area is 809 Å². The number of para-hydroxylation sites is 6. The maximum Gasteiger partial charge on any atom is 0.0782 e. The summed E-state index contributed by atoms with van der Waals surface area (Å²) in [6.07, 6.45) is 2.15. The lowest BCUT2D eigenvalue weighted by Crippen LogP contribution is -2.19. The highest BCUT2D eigenvalue weighted by Crippen LogP contribution is 2.55. The van der Waals surface area contributed by atoms with Crippen LogP contribution in [0.15, 0.2) is 352 Å². The normalized spacial score (nSPS) is 12.8. The second-order valence-corrected chi connectivity index (χ2v) is 46.5. The first-order valence-corrected chi connectivity index (χ1v) is 49.4. The van der Waals surface area contributed by atoms with Crippen molar-refractivity contribution in [3.8, 4) is 78.1 Å². The van der Waals surface area contributed by atoms with Gasteiger partial charge < -0.3 is 18.9 Å². The second kappa shape index (κ2) is 34.4. The monoisotopic (exact) mass is 1780 g/mol. The molecule has 0 amide bonds. The second-order valence-electron chi connectivity index (χ2n) is 46.5. The van der Waals surface area contributed by atoms with E-state index in [0.717, 1.165) is 146 Å². The van der Waals surface area contributed by atoms with Crippen LogP contribution < -0.4 is 9.80 Å². The van der Waals surface area contributed by atoms with E-state index in [4.69, 9.17) is 0 Å². The van der Waals surface area contributed by atoms with Gasteiger partial charge in [-0.15, -0.1) is 0 Å². The molecule has 0 aliphatic rings. The topological polar surface area (TPSA) is 16.3 Å². The van der Waals surface area contributed by atoms with Gasteiger partial charge in [-0.1, -0.05) is 415 Å². The molecule has 0 atom stereocenters. The van der Waals surface area contributed by atoms with Gasteiger partial charge in [0, 0.05) is 55.7 Å². The summed E-state index contributed by atoms with van der Waals surface area (Å²) in [4.78, 5) is 5.26. The molecule has 4 nitrogen and oxygen atoms in total. The Morgan fingerprint density at radius 3 is 0.765 bits per heavy atom. The lowest BCUT2D eigenvalue weighted by atomic mass is 9.76. The van der Waals surface area contributed by atoms with Gasteiger partial charge in [0.05, 0.1) is 33.4 Å². The molecule has 4 heteroatoms. The summed E-state index contributed by atoms with van der Waals surface area (Å²) in [5.74, 6) is 0. The third-order valence-electron chi connectivity index (χ3n) is 28.7. The van der Waals surface area contributed by atoms with Gasteiger partial charge in [0.1, 0.15) is 0 Å². The molecule has 0 aliphatic carbocycles. The number of hydrogen-bond acceptors (Lipinski definition) is 2. The largest absolute Gasteiger partial charge is 0.308 e. The van der Waals surface area contributed by atoms with E-state index in [0.29, 0.717) is 0 Å². The van der Waals surface area contributed by atoms with Crippen molar-refractivity contribution in [3.63, 3.8) is 0 Å². The minimum Gasteiger partial charge on any atom is -0.308 e. The maximum absolute atomic E-state index is 2.63. The fourth-order valence-electron chi connectivity index (χ4n) is 20.7. The van der Waals surface area contributed by atoms with Crippen LogP contribution in [0.2, 0.25) is 0 Å². The van der Waals surface area contributed by atoms with Crippen LogP contribution in [0, 0.1) is 0 Å². The lowest BCUT2D eigenvalue weighted by Gasteiger charge is -2.31. The Morgan fingerprint density at radius 2 is 0.463 bits per heavy atom. The predicted octanol–water partition coefficient (Wildman–Crippen LogP) is 38.3. The van der Waals surface area contributed by atoms with Crippen molar-refractivity contribution in [3.05, 3.63) is 396 Å². The molecule has 0 N–H and O–H groups in total.